The highest BCUT2D eigenvalue weighted by atomic mass is 79.9. The molecule has 100 valence electrons. The Balaban J connectivity index is 2.94. The van der Waals surface area contributed by atoms with Gasteiger partial charge in [0, 0.05) is 8.95 Å². The van der Waals surface area contributed by atoms with Gasteiger partial charge in [-0.1, -0.05) is 15.9 Å². The lowest BCUT2D eigenvalue weighted by Crippen LogP contribution is -2.57. The minimum absolute atomic E-state index is 0.345. The summed E-state index contributed by atoms with van der Waals surface area (Å²) in [5, 5.41) is 29.8. The number of carbonyl (C=O) groups excluding carboxylic acids is 1. The molecule has 0 heterocycles. The van der Waals surface area contributed by atoms with Crippen LogP contribution in [-0.4, -0.2) is 46.6 Å². The lowest BCUT2D eigenvalue weighted by Gasteiger charge is -2.28. The number of hydrogen-bond acceptors (Lipinski definition) is 4. The van der Waals surface area contributed by atoms with E-state index in [-0.39, 0.29) is 0 Å². The summed E-state index contributed by atoms with van der Waals surface area (Å²) in [5.74, 6) is -0.494. The normalized spacial score (nSPS) is 11.4. The molecule has 1 aromatic rings. The van der Waals surface area contributed by atoms with Crippen molar-refractivity contribution < 1.29 is 20.1 Å². The highest BCUT2D eigenvalue weighted by Crippen LogP contribution is 2.22. The van der Waals surface area contributed by atoms with E-state index in [4.69, 9.17) is 15.3 Å². The zero-order chi connectivity index (χ0) is 13.8. The van der Waals surface area contributed by atoms with E-state index in [1.807, 2.05) is 0 Å². The zero-order valence-electron chi connectivity index (χ0n) is 9.36. The summed E-state index contributed by atoms with van der Waals surface area (Å²) in [6.45, 7) is -1.67. The van der Waals surface area contributed by atoms with Gasteiger partial charge in [0.1, 0.15) is 5.54 Å². The van der Waals surface area contributed by atoms with Gasteiger partial charge in [-0.15, -0.1) is 0 Å². The van der Waals surface area contributed by atoms with Gasteiger partial charge in [-0.25, -0.2) is 0 Å². The molecule has 0 saturated carbocycles. The molecule has 0 aliphatic heterocycles. The van der Waals surface area contributed by atoms with Crippen LogP contribution in [0.15, 0.2) is 27.1 Å². The van der Waals surface area contributed by atoms with E-state index in [2.05, 4.69) is 37.2 Å². The van der Waals surface area contributed by atoms with Gasteiger partial charge in [-0.3, -0.25) is 4.79 Å². The molecule has 7 heteroatoms. The number of rotatable bonds is 5. The number of halogens is 2. The molecule has 0 spiro atoms. The first-order chi connectivity index (χ1) is 8.48. The van der Waals surface area contributed by atoms with Crippen molar-refractivity contribution in [2.45, 2.75) is 5.54 Å². The van der Waals surface area contributed by atoms with Crippen LogP contribution in [0.2, 0.25) is 0 Å². The monoisotopic (exact) mass is 381 g/mol. The summed E-state index contributed by atoms with van der Waals surface area (Å²) < 4.78 is 1.38. The van der Waals surface area contributed by atoms with Crippen molar-refractivity contribution in [3.8, 4) is 0 Å². The number of amides is 1. The fourth-order valence-corrected chi connectivity index (χ4v) is 2.48. The summed E-state index contributed by atoms with van der Waals surface area (Å²) in [7, 11) is 0. The molecule has 0 unspecified atom stereocenters. The summed E-state index contributed by atoms with van der Waals surface area (Å²) in [5.41, 5.74) is -1.08. The molecule has 4 N–H and O–H groups in total. The molecular weight excluding hydrogens is 370 g/mol. The first-order valence-electron chi connectivity index (χ1n) is 5.08. The molecule has 1 rings (SSSR count). The smallest absolute Gasteiger partial charge is 0.253 e. The van der Waals surface area contributed by atoms with Gasteiger partial charge in [0.05, 0.1) is 25.4 Å². The largest absolute Gasteiger partial charge is 0.394 e. The maximum Gasteiger partial charge on any atom is 0.253 e. The summed E-state index contributed by atoms with van der Waals surface area (Å²) in [4.78, 5) is 12.0. The number of carbonyl (C=O) groups is 1. The van der Waals surface area contributed by atoms with E-state index in [0.29, 0.717) is 10.0 Å². The van der Waals surface area contributed by atoms with Crippen molar-refractivity contribution in [1.29, 1.82) is 0 Å². The highest BCUT2D eigenvalue weighted by Gasteiger charge is 2.30. The third kappa shape index (κ3) is 3.52. The second-order valence-corrected chi connectivity index (χ2v) is 5.60. The van der Waals surface area contributed by atoms with Crippen LogP contribution < -0.4 is 5.32 Å². The first kappa shape index (κ1) is 15.6. The van der Waals surface area contributed by atoms with E-state index < -0.39 is 31.3 Å². The van der Waals surface area contributed by atoms with Crippen molar-refractivity contribution in [1.82, 2.24) is 5.32 Å². The van der Waals surface area contributed by atoms with E-state index in [9.17, 15) is 4.79 Å². The van der Waals surface area contributed by atoms with Gasteiger partial charge < -0.3 is 20.6 Å². The lowest BCUT2D eigenvalue weighted by atomic mass is 10.0. The average Bonchev–Trinajstić information content (AvgIpc) is 2.36. The SMILES string of the molecule is O=C(NC(CO)(CO)CO)c1ccc(Br)cc1Br. The Hall–Kier alpha value is -0.470. The third-order valence-corrected chi connectivity index (χ3v) is 3.61. The number of benzene rings is 1. The zero-order valence-corrected chi connectivity index (χ0v) is 12.5. The van der Waals surface area contributed by atoms with E-state index >= 15 is 0 Å². The summed E-state index contributed by atoms with van der Waals surface area (Å²) >= 11 is 6.51. The molecular formula is C11H13Br2NO4. The predicted octanol–water partition coefficient (Wildman–Crippen LogP) is 0.657. The standard InChI is InChI=1S/C11H13Br2NO4/c12-7-1-2-8(9(13)3-7)10(18)14-11(4-15,5-16)6-17/h1-3,15-17H,4-6H2,(H,14,18). The second-order valence-electron chi connectivity index (χ2n) is 3.83. The molecule has 0 atom stereocenters. The Labute approximate surface area is 121 Å². The predicted molar refractivity (Wildman–Crippen MR) is 73.3 cm³/mol. The van der Waals surface area contributed by atoms with Gasteiger partial charge in [0.25, 0.3) is 5.91 Å². The van der Waals surface area contributed by atoms with Crippen LogP contribution >= 0.6 is 31.9 Å². The van der Waals surface area contributed by atoms with Crippen LogP contribution in [0.25, 0.3) is 0 Å². The lowest BCUT2D eigenvalue weighted by molar-refractivity contribution is 0.0375. The molecule has 0 radical (unpaired) electrons. The van der Waals surface area contributed by atoms with Crippen LogP contribution in [0.3, 0.4) is 0 Å². The minimum atomic E-state index is -1.43. The van der Waals surface area contributed by atoms with Crippen molar-refractivity contribution in [3.63, 3.8) is 0 Å². The Morgan fingerprint density at radius 2 is 1.72 bits per heavy atom. The summed E-state index contributed by atoms with van der Waals surface area (Å²) in [6, 6.07) is 4.98. The first-order valence-corrected chi connectivity index (χ1v) is 6.67. The molecule has 0 aromatic heterocycles. The number of nitrogens with one attached hydrogen (secondary N) is 1. The van der Waals surface area contributed by atoms with Crippen molar-refractivity contribution in [2.24, 2.45) is 0 Å². The van der Waals surface area contributed by atoms with Crippen LogP contribution in [-0.2, 0) is 0 Å². The molecule has 1 aromatic carbocycles. The van der Waals surface area contributed by atoms with Gasteiger partial charge in [-0.2, -0.15) is 0 Å². The summed E-state index contributed by atoms with van der Waals surface area (Å²) in [6.07, 6.45) is 0. The fraction of sp³-hybridized carbons (Fsp3) is 0.364. The Kier molecular flexibility index (Phi) is 5.74. The van der Waals surface area contributed by atoms with E-state index in [1.54, 1.807) is 18.2 Å². The highest BCUT2D eigenvalue weighted by molar-refractivity contribution is 9.11. The Morgan fingerprint density at radius 1 is 1.17 bits per heavy atom. The van der Waals surface area contributed by atoms with Gasteiger partial charge in [0.15, 0.2) is 0 Å². The molecule has 1 amide bonds. The molecule has 0 fully saturated rings. The van der Waals surface area contributed by atoms with Crippen LogP contribution in [0, 0.1) is 0 Å². The van der Waals surface area contributed by atoms with Gasteiger partial charge in [0.2, 0.25) is 0 Å². The van der Waals surface area contributed by atoms with Crippen molar-refractivity contribution in [3.05, 3.63) is 32.7 Å². The van der Waals surface area contributed by atoms with Crippen molar-refractivity contribution in [2.75, 3.05) is 19.8 Å². The van der Waals surface area contributed by atoms with Gasteiger partial charge in [-0.05, 0) is 34.1 Å². The molecule has 0 aliphatic carbocycles. The number of hydrogen-bond donors (Lipinski definition) is 4. The maximum absolute atomic E-state index is 12.0. The Morgan fingerprint density at radius 3 is 2.17 bits per heavy atom. The van der Waals surface area contributed by atoms with Crippen molar-refractivity contribution >= 4 is 37.8 Å². The van der Waals surface area contributed by atoms with Crippen LogP contribution in [0.5, 0.6) is 0 Å². The quantitative estimate of drug-likeness (QED) is 0.602. The van der Waals surface area contributed by atoms with Crippen LogP contribution in [0.4, 0.5) is 0 Å². The number of aliphatic hydroxyl groups excluding tert-OH is 3. The van der Waals surface area contributed by atoms with E-state index in [1.165, 1.54) is 0 Å². The van der Waals surface area contributed by atoms with E-state index in [0.717, 1.165) is 4.47 Å². The molecule has 0 saturated heterocycles. The maximum atomic E-state index is 12.0. The molecule has 0 aliphatic rings. The second kappa shape index (κ2) is 6.63. The van der Waals surface area contributed by atoms with Crippen LogP contribution in [0.1, 0.15) is 10.4 Å². The topological polar surface area (TPSA) is 89.8 Å². The molecule has 18 heavy (non-hydrogen) atoms. The average molecular weight is 383 g/mol. The minimum Gasteiger partial charge on any atom is -0.394 e. The third-order valence-electron chi connectivity index (χ3n) is 2.46. The Bertz CT molecular complexity index is 427. The molecule has 0 bridgehead atoms. The van der Waals surface area contributed by atoms with Gasteiger partial charge >= 0.3 is 0 Å². The molecule has 5 nitrogen and oxygen atoms in total. The number of aliphatic hydroxyl groups is 3. The fourth-order valence-electron chi connectivity index (χ4n) is 1.25.